The minimum absolute atomic E-state index is 0.00111. The lowest BCUT2D eigenvalue weighted by Gasteiger charge is -2.31. The van der Waals surface area contributed by atoms with Crippen LogP contribution >= 0.6 is 0 Å². The van der Waals surface area contributed by atoms with Crippen molar-refractivity contribution < 1.29 is 8.42 Å². The topological polar surface area (TPSA) is 46.2 Å². The molecule has 0 aliphatic heterocycles. The average molecular weight is 305 g/mol. The molecule has 3 atom stereocenters. The summed E-state index contributed by atoms with van der Waals surface area (Å²) in [5, 5.41) is 0. The zero-order valence-electron chi connectivity index (χ0n) is 12.9. The van der Waals surface area contributed by atoms with Crippen molar-refractivity contribution in [2.45, 2.75) is 44.6 Å². The van der Waals surface area contributed by atoms with Crippen molar-refractivity contribution in [1.82, 2.24) is 4.72 Å². The van der Waals surface area contributed by atoms with E-state index in [1.165, 1.54) is 5.57 Å². The molecule has 4 heteroatoms. The minimum atomic E-state index is -3.45. The van der Waals surface area contributed by atoms with E-state index in [1.54, 1.807) is 12.1 Å². The van der Waals surface area contributed by atoms with E-state index in [2.05, 4.69) is 25.1 Å². The van der Waals surface area contributed by atoms with Gasteiger partial charge in [0.05, 0.1) is 4.90 Å². The molecular formula is C17H23NO2S. The van der Waals surface area contributed by atoms with Gasteiger partial charge >= 0.3 is 0 Å². The largest absolute Gasteiger partial charge is 0.240 e. The number of hydrogen-bond donors (Lipinski definition) is 1. The van der Waals surface area contributed by atoms with Crippen molar-refractivity contribution in [3.63, 3.8) is 0 Å². The molecule has 2 saturated carbocycles. The van der Waals surface area contributed by atoms with E-state index in [0.717, 1.165) is 18.4 Å². The molecule has 21 heavy (non-hydrogen) atoms. The predicted octanol–water partition coefficient (Wildman–Crippen LogP) is 3.26. The Bertz CT molecular complexity index is 673. The van der Waals surface area contributed by atoms with Gasteiger partial charge in [-0.2, -0.15) is 0 Å². The molecule has 0 radical (unpaired) electrons. The second-order valence-electron chi connectivity index (χ2n) is 7.00. The number of rotatable bonds is 3. The van der Waals surface area contributed by atoms with Crippen LogP contribution in [0.5, 0.6) is 0 Å². The summed E-state index contributed by atoms with van der Waals surface area (Å²) in [7, 11) is -3.45. The Kier molecular flexibility index (Phi) is 3.30. The second kappa shape index (κ2) is 4.68. The standard InChI is InChI=1S/C17H23NO2S/c1-11-5-7-13(8-6-11)21(19,20)18-16-14-9-10-15(16)17(3,4)12(14)2/h5-8,14-16,18H,2,9-10H2,1,3-4H3/t14?,15-,16?/m1/s1. The van der Waals surface area contributed by atoms with Crippen LogP contribution < -0.4 is 4.72 Å². The van der Waals surface area contributed by atoms with Crippen molar-refractivity contribution >= 4 is 10.0 Å². The van der Waals surface area contributed by atoms with Crippen LogP contribution in [0, 0.1) is 24.2 Å². The molecule has 0 saturated heterocycles. The number of aryl methyl sites for hydroxylation is 1. The monoisotopic (exact) mass is 305 g/mol. The normalized spacial score (nSPS) is 30.8. The van der Waals surface area contributed by atoms with Crippen LogP contribution in [0.25, 0.3) is 0 Å². The number of hydrogen-bond acceptors (Lipinski definition) is 2. The van der Waals surface area contributed by atoms with E-state index in [-0.39, 0.29) is 17.4 Å². The van der Waals surface area contributed by atoms with Gasteiger partial charge < -0.3 is 0 Å². The van der Waals surface area contributed by atoms with Gasteiger partial charge in [0.2, 0.25) is 10.0 Å². The summed E-state index contributed by atoms with van der Waals surface area (Å²) in [6.45, 7) is 10.5. The number of fused-ring (bicyclic) bond motifs is 2. The van der Waals surface area contributed by atoms with Crippen molar-refractivity contribution in [3.05, 3.63) is 42.0 Å². The third-order valence-electron chi connectivity index (χ3n) is 5.48. The molecule has 3 nitrogen and oxygen atoms in total. The lowest BCUT2D eigenvalue weighted by atomic mass is 9.73. The van der Waals surface area contributed by atoms with Crippen LogP contribution in [0.2, 0.25) is 0 Å². The van der Waals surface area contributed by atoms with E-state index >= 15 is 0 Å². The van der Waals surface area contributed by atoms with Crippen LogP contribution in [0.4, 0.5) is 0 Å². The molecule has 114 valence electrons. The molecule has 0 heterocycles. The van der Waals surface area contributed by atoms with Gasteiger partial charge in [-0.1, -0.05) is 43.7 Å². The molecule has 0 aromatic heterocycles. The summed E-state index contributed by atoms with van der Waals surface area (Å²) in [5.74, 6) is 0.639. The first-order valence-electron chi connectivity index (χ1n) is 7.52. The summed E-state index contributed by atoms with van der Waals surface area (Å²) in [6, 6.07) is 7.02. The number of benzene rings is 1. The van der Waals surface area contributed by atoms with E-state index in [4.69, 9.17) is 0 Å². The van der Waals surface area contributed by atoms with Crippen molar-refractivity contribution in [2.75, 3.05) is 0 Å². The third-order valence-corrected chi connectivity index (χ3v) is 6.96. The molecule has 2 bridgehead atoms. The highest BCUT2D eigenvalue weighted by atomic mass is 32.2. The zero-order chi connectivity index (χ0) is 15.4. The Morgan fingerprint density at radius 2 is 1.81 bits per heavy atom. The summed E-state index contributed by atoms with van der Waals surface area (Å²) in [5.41, 5.74) is 2.29. The van der Waals surface area contributed by atoms with Crippen LogP contribution in [0.1, 0.15) is 32.3 Å². The van der Waals surface area contributed by atoms with Gasteiger partial charge in [-0.15, -0.1) is 0 Å². The highest BCUT2D eigenvalue weighted by Crippen LogP contribution is 2.58. The highest BCUT2D eigenvalue weighted by molar-refractivity contribution is 7.89. The third kappa shape index (κ3) is 2.25. The number of sulfonamides is 1. The van der Waals surface area contributed by atoms with Gasteiger partial charge in [0.25, 0.3) is 0 Å². The Morgan fingerprint density at radius 3 is 2.33 bits per heavy atom. The lowest BCUT2D eigenvalue weighted by molar-refractivity contribution is 0.272. The fourth-order valence-electron chi connectivity index (χ4n) is 4.04. The van der Waals surface area contributed by atoms with E-state index in [9.17, 15) is 8.42 Å². The molecule has 3 rings (SSSR count). The molecule has 1 aromatic rings. The first-order valence-corrected chi connectivity index (χ1v) is 9.00. The van der Waals surface area contributed by atoms with Gasteiger partial charge in [-0.3, -0.25) is 0 Å². The van der Waals surface area contributed by atoms with Crippen molar-refractivity contribution in [1.29, 1.82) is 0 Å². The van der Waals surface area contributed by atoms with E-state index in [1.807, 2.05) is 19.1 Å². The fourth-order valence-corrected chi connectivity index (χ4v) is 5.36. The van der Waals surface area contributed by atoms with Gasteiger partial charge in [-0.25, -0.2) is 13.1 Å². The second-order valence-corrected chi connectivity index (χ2v) is 8.71. The van der Waals surface area contributed by atoms with Gasteiger partial charge in [0.15, 0.2) is 0 Å². The van der Waals surface area contributed by atoms with Crippen LogP contribution in [0.3, 0.4) is 0 Å². The molecule has 0 spiro atoms. The molecule has 2 fully saturated rings. The summed E-state index contributed by atoms with van der Waals surface area (Å²) in [4.78, 5) is 0.350. The SMILES string of the molecule is C=C1C2CC[C@H](C2NS(=O)(=O)c2ccc(C)cc2)C1(C)C. The number of nitrogens with one attached hydrogen (secondary N) is 1. The van der Waals surface area contributed by atoms with Gasteiger partial charge in [0, 0.05) is 6.04 Å². The van der Waals surface area contributed by atoms with Crippen LogP contribution in [-0.2, 0) is 10.0 Å². The quantitative estimate of drug-likeness (QED) is 0.871. The maximum absolute atomic E-state index is 12.6. The fraction of sp³-hybridized carbons (Fsp3) is 0.529. The van der Waals surface area contributed by atoms with Gasteiger partial charge in [0.1, 0.15) is 0 Å². The molecule has 2 aliphatic carbocycles. The maximum atomic E-state index is 12.6. The van der Waals surface area contributed by atoms with E-state index < -0.39 is 10.0 Å². The molecule has 2 aliphatic rings. The first kappa shape index (κ1) is 14.8. The average Bonchev–Trinajstić information content (AvgIpc) is 2.87. The molecule has 1 N–H and O–H groups in total. The minimum Gasteiger partial charge on any atom is -0.207 e. The van der Waals surface area contributed by atoms with Crippen LogP contribution in [-0.4, -0.2) is 14.5 Å². The maximum Gasteiger partial charge on any atom is 0.240 e. The highest BCUT2D eigenvalue weighted by Gasteiger charge is 2.55. The zero-order valence-corrected chi connectivity index (χ0v) is 13.7. The molecular weight excluding hydrogens is 282 g/mol. The smallest absolute Gasteiger partial charge is 0.207 e. The van der Waals surface area contributed by atoms with E-state index in [0.29, 0.717) is 10.8 Å². The van der Waals surface area contributed by atoms with Gasteiger partial charge in [-0.05, 0) is 49.1 Å². The summed E-state index contributed by atoms with van der Waals surface area (Å²) < 4.78 is 28.1. The van der Waals surface area contributed by atoms with Crippen molar-refractivity contribution in [3.8, 4) is 0 Å². The Labute approximate surface area is 127 Å². The van der Waals surface area contributed by atoms with Crippen LogP contribution in [0.15, 0.2) is 41.3 Å². The van der Waals surface area contributed by atoms with Crippen molar-refractivity contribution in [2.24, 2.45) is 17.3 Å². The Hall–Kier alpha value is -1.13. The molecule has 2 unspecified atom stereocenters. The molecule has 1 aromatic carbocycles. The first-order chi connectivity index (χ1) is 9.73. The predicted molar refractivity (Wildman–Crippen MR) is 84.4 cm³/mol. The molecule has 0 amide bonds. The Morgan fingerprint density at radius 1 is 1.19 bits per heavy atom. The summed E-state index contributed by atoms with van der Waals surface area (Å²) >= 11 is 0. The lowest BCUT2D eigenvalue weighted by Crippen LogP contribution is -2.39. The Balaban J connectivity index is 1.87. The summed E-state index contributed by atoms with van der Waals surface area (Å²) in [6.07, 6.45) is 2.13.